The number of nitro groups is 1. The van der Waals surface area contributed by atoms with Crippen LogP contribution < -0.4 is 10.2 Å². The second kappa shape index (κ2) is 6.40. The number of nitro benzene ring substituents is 1. The summed E-state index contributed by atoms with van der Waals surface area (Å²) in [6.07, 6.45) is -1.16. The number of hydrogen-bond acceptors (Lipinski definition) is 5. The minimum Gasteiger partial charge on any atom is -0.465 e. The van der Waals surface area contributed by atoms with Crippen molar-refractivity contribution in [3.8, 4) is 0 Å². The van der Waals surface area contributed by atoms with E-state index in [0.717, 1.165) is 11.3 Å². The number of nitrogens with zero attached hydrogens (tertiary/aromatic N) is 2. The quantitative estimate of drug-likeness (QED) is 0.644. The number of carbonyl (C=O) groups is 1. The van der Waals surface area contributed by atoms with Crippen molar-refractivity contribution < 1.29 is 19.6 Å². The average molecular weight is 295 g/mol. The molecule has 8 nitrogen and oxygen atoms in total. The van der Waals surface area contributed by atoms with Crippen molar-refractivity contribution in [3.63, 3.8) is 0 Å². The van der Waals surface area contributed by atoms with Gasteiger partial charge in [-0.25, -0.2) is 4.79 Å². The van der Waals surface area contributed by atoms with Gasteiger partial charge in [0.25, 0.3) is 5.69 Å². The molecule has 1 aromatic rings. The molecule has 1 aromatic carbocycles. The molecule has 0 saturated carbocycles. The largest absolute Gasteiger partial charge is 0.465 e. The predicted molar refractivity (Wildman–Crippen MR) is 75.7 cm³/mol. The van der Waals surface area contributed by atoms with Gasteiger partial charge in [0, 0.05) is 43.0 Å². The van der Waals surface area contributed by atoms with Gasteiger partial charge in [-0.3, -0.25) is 10.1 Å². The van der Waals surface area contributed by atoms with Gasteiger partial charge < -0.3 is 20.1 Å². The van der Waals surface area contributed by atoms with Gasteiger partial charge >= 0.3 is 6.09 Å². The number of carboxylic acid groups (broad SMARTS) is 1. The number of amides is 1. The fourth-order valence-corrected chi connectivity index (χ4v) is 2.48. The molecule has 8 heteroatoms. The smallest absolute Gasteiger partial charge is 0.404 e. The third-order valence-corrected chi connectivity index (χ3v) is 3.33. The number of benzene rings is 1. The van der Waals surface area contributed by atoms with Crippen molar-refractivity contribution >= 4 is 17.5 Å². The molecule has 1 saturated heterocycles. The van der Waals surface area contributed by atoms with Crippen LogP contribution >= 0.6 is 0 Å². The number of rotatable bonds is 4. The van der Waals surface area contributed by atoms with E-state index in [1.54, 1.807) is 6.92 Å². The average Bonchev–Trinajstić information content (AvgIpc) is 2.45. The lowest BCUT2D eigenvalue weighted by Gasteiger charge is -2.32. The normalized spacial score (nSPS) is 14.8. The van der Waals surface area contributed by atoms with Crippen molar-refractivity contribution in [1.82, 2.24) is 5.32 Å². The van der Waals surface area contributed by atoms with Gasteiger partial charge in [-0.15, -0.1) is 0 Å². The van der Waals surface area contributed by atoms with Crippen LogP contribution in [-0.4, -0.2) is 42.4 Å². The summed E-state index contributed by atoms with van der Waals surface area (Å²) in [6.45, 7) is 4.36. The first-order valence-electron chi connectivity index (χ1n) is 6.56. The van der Waals surface area contributed by atoms with E-state index in [-0.39, 0.29) is 12.2 Å². The van der Waals surface area contributed by atoms with Gasteiger partial charge in [0.2, 0.25) is 0 Å². The highest BCUT2D eigenvalue weighted by Gasteiger charge is 2.21. The summed E-state index contributed by atoms with van der Waals surface area (Å²) in [4.78, 5) is 23.3. The van der Waals surface area contributed by atoms with Crippen molar-refractivity contribution in [1.29, 1.82) is 0 Å². The standard InChI is InChI=1S/C13H17N3O5/c1-9-6-11(16(19)20)7-10(8-14-13(17)18)12(9)15-2-4-21-5-3-15/h6-7,14H,2-5,8H2,1H3,(H,17,18). The zero-order valence-electron chi connectivity index (χ0n) is 11.7. The van der Waals surface area contributed by atoms with E-state index in [2.05, 4.69) is 10.2 Å². The highest BCUT2D eigenvalue weighted by Crippen LogP contribution is 2.30. The molecular formula is C13H17N3O5. The molecule has 1 amide bonds. The Morgan fingerprint density at radius 2 is 2.14 bits per heavy atom. The van der Waals surface area contributed by atoms with E-state index in [4.69, 9.17) is 9.84 Å². The number of non-ortho nitro benzene ring substituents is 1. The molecule has 1 aliphatic rings. The zero-order chi connectivity index (χ0) is 15.4. The minimum absolute atomic E-state index is 0.0323. The Morgan fingerprint density at radius 1 is 1.48 bits per heavy atom. The van der Waals surface area contributed by atoms with E-state index in [0.29, 0.717) is 31.9 Å². The Morgan fingerprint density at radius 3 is 2.71 bits per heavy atom. The number of aryl methyl sites for hydroxylation is 1. The van der Waals surface area contributed by atoms with Crippen LogP contribution in [0.2, 0.25) is 0 Å². The first-order chi connectivity index (χ1) is 9.99. The monoisotopic (exact) mass is 295 g/mol. The van der Waals surface area contributed by atoms with Crippen molar-refractivity contribution in [3.05, 3.63) is 33.4 Å². The second-order valence-corrected chi connectivity index (χ2v) is 4.79. The SMILES string of the molecule is Cc1cc([N+](=O)[O-])cc(CNC(=O)O)c1N1CCOCC1. The molecule has 0 radical (unpaired) electrons. The Hall–Kier alpha value is -2.35. The number of morpholine rings is 1. The fourth-order valence-electron chi connectivity index (χ4n) is 2.48. The third-order valence-electron chi connectivity index (χ3n) is 3.33. The summed E-state index contributed by atoms with van der Waals surface area (Å²) in [5.74, 6) is 0. The van der Waals surface area contributed by atoms with Gasteiger partial charge in [0.1, 0.15) is 0 Å². The molecule has 0 unspecified atom stereocenters. The molecule has 2 rings (SSSR count). The summed E-state index contributed by atoms with van der Waals surface area (Å²) >= 11 is 0. The van der Waals surface area contributed by atoms with Gasteiger partial charge in [-0.1, -0.05) is 0 Å². The highest BCUT2D eigenvalue weighted by atomic mass is 16.6. The molecule has 0 bridgehead atoms. The number of ether oxygens (including phenoxy) is 1. The van der Waals surface area contributed by atoms with Crippen LogP contribution in [0.1, 0.15) is 11.1 Å². The van der Waals surface area contributed by atoms with Gasteiger partial charge in [0.05, 0.1) is 18.1 Å². The summed E-state index contributed by atoms with van der Waals surface area (Å²) < 4.78 is 5.30. The number of nitrogens with one attached hydrogen (secondary N) is 1. The Balaban J connectivity index is 2.39. The van der Waals surface area contributed by atoms with Crippen LogP contribution in [0.5, 0.6) is 0 Å². The lowest BCUT2D eigenvalue weighted by atomic mass is 10.0. The maximum Gasteiger partial charge on any atom is 0.404 e. The molecule has 0 aliphatic carbocycles. The second-order valence-electron chi connectivity index (χ2n) is 4.79. The van der Waals surface area contributed by atoms with E-state index in [1.807, 2.05) is 0 Å². The van der Waals surface area contributed by atoms with Crippen LogP contribution in [0.15, 0.2) is 12.1 Å². The van der Waals surface area contributed by atoms with Crippen LogP contribution in [0.3, 0.4) is 0 Å². The summed E-state index contributed by atoms with van der Waals surface area (Å²) in [5.41, 5.74) is 2.17. The first kappa shape index (κ1) is 15.0. The lowest BCUT2D eigenvalue weighted by Crippen LogP contribution is -2.37. The van der Waals surface area contributed by atoms with E-state index >= 15 is 0 Å². The van der Waals surface area contributed by atoms with Crippen LogP contribution in [0.4, 0.5) is 16.2 Å². The van der Waals surface area contributed by atoms with Crippen molar-refractivity contribution in [2.75, 3.05) is 31.2 Å². The number of anilines is 1. The van der Waals surface area contributed by atoms with E-state index in [1.165, 1.54) is 12.1 Å². The molecule has 0 atom stereocenters. The van der Waals surface area contributed by atoms with Crippen molar-refractivity contribution in [2.24, 2.45) is 0 Å². The van der Waals surface area contributed by atoms with E-state index < -0.39 is 11.0 Å². The molecular weight excluding hydrogens is 278 g/mol. The Bertz CT molecular complexity index is 555. The topological polar surface area (TPSA) is 105 Å². The van der Waals surface area contributed by atoms with Gasteiger partial charge in [-0.05, 0) is 12.5 Å². The van der Waals surface area contributed by atoms with E-state index in [9.17, 15) is 14.9 Å². The molecule has 21 heavy (non-hydrogen) atoms. The fraction of sp³-hybridized carbons (Fsp3) is 0.462. The maximum atomic E-state index is 11.0. The minimum atomic E-state index is -1.16. The summed E-state index contributed by atoms with van der Waals surface area (Å²) in [5, 5.41) is 22.0. The molecule has 0 aromatic heterocycles. The Kier molecular flexibility index (Phi) is 4.59. The van der Waals surface area contributed by atoms with Crippen LogP contribution in [-0.2, 0) is 11.3 Å². The highest BCUT2D eigenvalue weighted by molar-refractivity contribution is 5.67. The molecule has 1 aliphatic heterocycles. The predicted octanol–water partition coefficient (Wildman–Crippen LogP) is 1.51. The third kappa shape index (κ3) is 3.60. The summed E-state index contributed by atoms with van der Waals surface area (Å²) in [7, 11) is 0. The molecule has 0 spiro atoms. The molecule has 1 heterocycles. The lowest BCUT2D eigenvalue weighted by molar-refractivity contribution is -0.385. The maximum absolute atomic E-state index is 11.0. The number of hydrogen-bond donors (Lipinski definition) is 2. The van der Waals surface area contributed by atoms with Gasteiger partial charge in [-0.2, -0.15) is 0 Å². The molecule has 2 N–H and O–H groups in total. The zero-order valence-corrected chi connectivity index (χ0v) is 11.7. The Labute approximate surface area is 121 Å². The van der Waals surface area contributed by atoms with Gasteiger partial charge in [0.15, 0.2) is 0 Å². The van der Waals surface area contributed by atoms with Crippen molar-refractivity contribution in [2.45, 2.75) is 13.5 Å². The molecule has 1 fully saturated rings. The summed E-state index contributed by atoms with van der Waals surface area (Å²) in [6, 6.07) is 2.93. The van der Waals surface area contributed by atoms with Crippen LogP contribution in [0, 0.1) is 17.0 Å². The molecule has 114 valence electrons. The van der Waals surface area contributed by atoms with Crippen LogP contribution in [0.25, 0.3) is 0 Å². The first-order valence-corrected chi connectivity index (χ1v) is 6.56.